The molecule has 3 rings (SSSR count). The van der Waals surface area contributed by atoms with Crippen LogP contribution in [0.5, 0.6) is 0 Å². The van der Waals surface area contributed by atoms with E-state index in [0.717, 1.165) is 18.9 Å². The molecule has 1 aromatic heterocycles. The van der Waals surface area contributed by atoms with Crippen molar-refractivity contribution in [3.8, 4) is 0 Å². The van der Waals surface area contributed by atoms with Crippen LogP contribution in [-0.4, -0.2) is 36.5 Å². The van der Waals surface area contributed by atoms with E-state index in [2.05, 4.69) is 10.2 Å². The van der Waals surface area contributed by atoms with Crippen molar-refractivity contribution in [3.63, 3.8) is 0 Å². The van der Waals surface area contributed by atoms with Crippen LogP contribution in [0.4, 0.5) is 0 Å². The summed E-state index contributed by atoms with van der Waals surface area (Å²) in [6.45, 7) is 3.32. The second-order valence-electron chi connectivity index (χ2n) is 4.92. The molecule has 5 heteroatoms. The molecule has 2 bridgehead atoms. The Morgan fingerprint density at radius 1 is 1.47 bits per heavy atom. The van der Waals surface area contributed by atoms with Gasteiger partial charge in [-0.05, 0) is 49.0 Å². The lowest BCUT2D eigenvalue weighted by Crippen LogP contribution is -2.46. The molecule has 3 heterocycles. The van der Waals surface area contributed by atoms with E-state index in [1.807, 2.05) is 0 Å². The molecule has 0 radical (unpaired) electrons. The van der Waals surface area contributed by atoms with E-state index in [0.29, 0.717) is 5.76 Å². The van der Waals surface area contributed by atoms with Crippen LogP contribution in [0.2, 0.25) is 5.22 Å². The van der Waals surface area contributed by atoms with Gasteiger partial charge in [-0.2, -0.15) is 0 Å². The minimum Gasteiger partial charge on any atom is -0.440 e. The number of hydrogen-bond acceptors (Lipinski definition) is 3. The molecule has 1 N–H and O–H groups in total. The SMILES string of the molecule is O=C(N[C@H]1C[C@H]2CCN(C2)C1)c1ccc(Cl)o1. The molecule has 0 aliphatic carbocycles. The lowest BCUT2D eigenvalue weighted by Gasteiger charge is -2.30. The number of carbonyl (C=O) groups excluding carboxylic acids is 1. The number of rotatable bonds is 2. The highest BCUT2D eigenvalue weighted by atomic mass is 35.5. The predicted molar refractivity (Wildman–Crippen MR) is 64.1 cm³/mol. The standard InChI is InChI=1S/C12H15ClN2O2/c13-11-2-1-10(17-11)12(16)14-9-5-8-3-4-15(6-8)7-9/h1-2,8-9H,3-7H2,(H,14,16)/t8-,9+/m1/s1. The second kappa shape index (κ2) is 4.35. The van der Waals surface area contributed by atoms with E-state index in [1.165, 1.54) is 19.5 Å². The van der Waals surface area contributed by atoms with Crippen molar-refractivity contribution in [2.75, 3.05) is 19.6 Å². The molecule has 4 nitrogen and oxygen atoms in total. The topological polar surface area (TPSA) is 45.5 Å². The summed E-state index contributed by atoms with van der Waals surface area (Å²) in [6, 6.07) is 3.44. The van der Waals surface area contributed by atoms with Gasteiger partial charge in [-0.25, -0.2) is 0 Å². The second-order valence-corrected chi connectivity index (χ2v) is 5.30. The first-order valence-corrected chi connectivity index (χ1v) is 6.37. The molecule has 2 aliphatic heterocycles. The summed E-state index contributed by atoms with van der Waals surface area (Å²) in [7, 11) is 0. The van der Waals surface area contributed by atoms with Crippen LogP contribution in [-0.2, 0) is 0 Å². The maximum Gasteiger partial charge on any atom is 0.287 e. The van der Waals surface area contributed by atoms with E-state index in [9.17, 15) is 4.79 Å². The number of carbonyl (C=O) groups is 1. The largest absolute Gasteiger partial charge is 0.440 e. The Balaban J connectivity index is 1.62. The molecular formula is C12H15ClN2O2. The quantitative estimate of drug-likeness (QED) is 0.875. The summed E-state index contributed by atoms with van der Waals surface area (Å²) < 4.78 is 5.10. The van der Waals surface area contributed by atoms with Crippen LogP contribution in [0.1, 0.15) is 23.4 Å². The van der Waals surface area contributed by atoms with Crippen LogP contribution in [0.3, 0.4) is 0 Å². The van der Waals surface area contributed by atoms with Crippen molar-refractivity contribution < 1.29 is 9.21 Å². The number of amides is 1. The number of nitrogens with one attached hydrogen (secondary N) is 1. The van der Waals surface area contributed by atoms with Crippen molar-refractivity contribution in [3.05, 3.63) is 23.1 Å². The van der Waals surface area contributed by atoms with Gasteiger partial charge < -0.3 is 14.6 Å². The predicted octanol–water partition coefficient (Wildman–Crippen LogP) is 1.76. The molecule has 1 aromatic rings. The van der Waals surface area contributed by atoms with Crippen LogP contribution < -0.4 is 5.32 Å². The molecular weight excluding hydrogens is 240 g/mol. The third kappa shape index (κ3) is 2.33. The third-order valence-electron chi connectivity index (χ3n) is 3.60. The van der Waals surface area contributed by atoms with Crippen molar-refractivity contribution in [1.82, 2.24) is 10.2 Å². The number of fused-ring (bicyclic) bond motifs is 2. The molecule has 0 aromatic carbocycles. The van der Waals surface area contributed by atoms with Gasteiger partial charge >= 0.3 is 0 Å². The molecule has 2 fully saturated rings. The summed E-state index contributed by atoms with van der Waals surface area (Å²) in [4.78, 5) is 14.3. The monoisotopic (exact) mass is 254 g/mol. The van der Waals surface area contributed by atoms with Crippen molar-refractivity contribution >= 4 is 17.5 Å². The Kier molecular flexibility index (Phi) is 2.84. The van der Waals surface area contributed by atoms with Crippen LogP contribution >= 0.6 is 11.6 Å². The van der Waals surface area contributed by atoms with Gasteiger partial charge in [-0.3, -0.25) is 4.79 Å². The van der Waals surface area contributed by atoms with Gasteiger partial charge in [0.25, 0.3) is 5.91 Å². The number of piperidine rings is 1. The van der Waals surface area contributed by atoms with Gasteiger partial charge in [0.05, 0.1) is 0 Å². The molecule has 1 amide bonds. The summed E-state index contributed by atoms with van der Waals surface area (Å²) in [6.07, 6.45) is 2.34. The smallest absolute Gasteiger partial charge is 0.287 e. The summed E-state index contributed by atoms with van der Waals surface area (Å²) >= 11 is 5.65. The molecule has 1 unspecified atom stereocenters. The van der Waals surface area contributed by atoms with Crippen molar-refractivity contribution in [2.45, 2.75) is 18.9 Å². The van der Waals surface area contributed by atoms with E-state index in [-0.39, 0.29) is 17.2 Å². The average Bonchev–Trinajstić information content (AvgIpc) is 2.85. The van der Waals surface area contributed by atoms with Gasteiger partial charge in [-0.15, -0.1) is 0 Å². The molecule has 2 saturated heterocycles. The highest BCUT2D eigenvalue weighted by Gasteiger charge is 2.33. The molecule has 0 spiro atoms. The maximum atomic E-state index is 11.9. The first-order chi connectivity index (χ1) is 8.20. The Morgan fingerprint density at radius 2 is 2.35 bits per heavy atom. The Labute approximate surface area is 105 Å². The lowest BCUT2D eigenvalue weighted by molar-refractivity contribution is 0.0881. The number of furan rings is 1. The fourth-order valence-corrected chi connectivity index (χ4v) is 3.00. The van der Waals surface area contributed by atoms with E-state index < -0.39 is 0 Å². The lowest BCUT2D eigenvalue weighted by atomic mass is 9.97. The van der Waals surface area contributed by atoms with Gasteiger partial charge in [0.2, 0.25) is 0 Å². The van der Waals surface area contributed by atoms with Crippen molar-refractivity contribution in [2.24, 2.45) is 5.92 Å². The van der Waals surface area contributed by atoms with Gasteiger partial charge in [0.15, 0.2) is 11.0 Å². The molecule has 17 heavy (non-hydrogen) atoms. The summed E-state index contributed by atoms with van der Waals surface area (Å²) in [5.74, 6) is 0.876. The van der Waals surface area contributed by atoms with Crippen LogP contribution in [0, 0.1) is 5.92 Å². The van der Waals surface area contributed by atoms with Gasteiger partial charge in [-0.1, -0.05) is 0 Å². The summed E-state index contributed by atoms with van der Waals surface area (Å²) in [5, 5.41) is 3.27. The fourth-order valence-electron chi connectivity index (χ4n) is 2.86. The van der Waals surface area contributed by atoms with Crippen LogP contribution in [0.25, 0.3) is 0 Å². The Hall–Kier alpha value is -1.00. The van der Waals surface area contributed by atoms with E-state index in [1.54, 1.807) is 12.1 Å². The molecule has 3 atom stereocenters. The van der Waals surface area contributed by atoms with E-state index in [4.69, 9.17) is 16.0 Å². The highest BCUT2D eigenvalue weighted by molar-refractivity contribution is 6.29. The zero-order chi connectivity index (χ0) is 11.8. The van der Waals surface area contributed by atoms with Gasteiger partial charge in [0, 0.05) is 19.1 Å². The molecule has 0 saturated carbocycles. The van der Waals surface area contributed by atoms with Gasteiger partial charge in [0.1, 0.15) is 0 Å². The zero-order valence-electron chi connectivity index (χ0n) is 9.49. The van der Waals surface area contributed by atoms with E-state index >= 15 is 0 Å². The number of nitrogens with zero attached hydrogens (tertiary/aromatic N) is 1. The minimum absolute atomic E-state index is 0.163. The normalized spacial score (nSPS) is 31.5. The third-order valence-corrected chi connectivity index (χ3v) is 3.80. The first kappa shape index (κ1) is 11.1. The number of hydrogen-bond donors (Lipinski definition) is 1. The molecule has 2 aliphatic rings. The Morgan fingerprint density at radius 3 is 3.06 bits per heavy atom. The Bertz CT molecular complexity index is 420. The molecule has 92 valence electrons. The van der Waals surface area contributed by atoms with Crippen LogP contribution in [0.15, 0.2) is 16.5 Å². The first-order valence-electron chi connectivity index (χ1n) is 5.99. The average molecular weight is 255 g/mol. The van der Waals surface area contributed by atoms with Crippen molar-refractivity contribution in [1.29, 1.82) is 0 Å². The summed E-state index contributed by atoms with van der Waals surface area (Å²) in [5.41, 5.74) is 0. The number of halogens is 1. The highest BCUT2D eigenvalue weighted by Crippen LogP contribution is 2.26. The fraction of sp³-hybridized carbons (Fsp3) is 0.583. The maximum absolute atomic E-state index is 11.9. The minimum atomic E-state index is -0.163. The zero-order valence-corrected chi connectivity index (χ0v) is 10.2.